The van der Waals surface area contributed by atoms with Gasteiger partial charge in [-0.3, -0.25) is 4.79 Å². The maximum atomic E-state index is 12.3. The highest BCUT2D eigenvalue weighted by molar-refractivity contribution is 5.96. The normalized spacial score (nSPS) is 16.1. The number of benzene rings is 1. The Balaban J connectivity index is 1.77. The second-order valence-electron chi connectivity index (χ2n) is 5.30. The lowest BCUT2D eigenvalue weighted by molar-refractivity contribution is -0.137. The molecule has 10 nitrogen and oxygen atoms in total. The second kappa shape index (κ2) is 6.61. The van der Waals surface area contributed by atoms with E-state index in [2.05, 4.69) is 9.98 Å². The van der Waals surface area contributed by atoms with E-state index in [0.717, 1.165) is 10.5 Å². The number of aliphatic carboxylic acids is 1. The summed E-state index contributed by atoms with van der Waals surface area (Å²) in [6.07, 6.45) is -0.504. The minimum atomic E-state index is -1.06. The fourth-order valence-electron chi connectivity index (χ4n) is 2.41. The summed E-state index contributed by atoms with van der Waals surface area (Å²) in [5, 5.41) is 8.89. The number of nitrogens with two attached hydrogens (primary N) is 2. The van der Waals surface area contributed by atoms with E-state index in [9.17, 15) is 9.59 Å². The molecule has 0 spiro atoms. The van der Waals surface area contributed by atoms with Crippen LogP contribution in [0.4, 0.5) is 10.6 Å². The smallest absolute Gasteiger partial charge is 0.418 e. The number of amides is 1. The van der Waals surface area contributed by atoms with Crippen molar-refractivity contribution in [1.29, 1.82) is 0 Å². The largest absolute Gasteiger partial charge is 0.480 e. The number of guanidine groups is 1. The van der Waals surface area contributed by atoms with Crippen LogP contribution in [0.1, 0.15) is 17.4 Å². The molecule has 2 aromatic rings. The van der Waals surface area contributed by atoms with Gasteiger partial charge in [0, 0.05) is 0 Å². The van der Waals surface area contributed by atoms with Crippen LogP contribution < -0.4 is 11.5 Å². The molecule has 1 atom stereocenters. The summed E-state index contributed by atoms with van der Waals surface area (Å²) in [6.45, 7) is -0.291. The van der Waals surface area contributed by atoms with Gasteiger partial charge in [0.15, 0.2) is 5.82 Å². The Labute approximate surface area is 142 Å². The van der Waals surface area contributed by atoms with E-state index in [4.69, 9.17) is 21.3 Å². The summed E-state index contributed by atoms with van der Waals surface area (Å²) in [5.74, 6) is -1.04. The van der Waals surface area contributed by atoms with Crippen LogP contribution in [0.25, 0.3) is 0 Å². The zero-order valence-corrected chi connectivity index (χ0v) is 13.1. The highest BCUT2D eigenvalue weighted by Crippen LogP contribution is 2.30. The zero-order chi connectivity index (χ0) is 18.0. The zero-order valence-electron chi connectivity index (χ0n) is 13.1. The van der Waals surface area contributed by atoms with Crippen LogP contribution in [0, 0.1) is 0 Å². The summed E-state index contributed by atoms with van der Waals surface area (Å²) >= 11 is 0. The Morgan fingerprint density at radius 2 is 2.00 bits per heavy atom. The first kappa shape index (κ1) is 16.5. The molecular weight excluding hydrogens is 328 g/mol. The number of hydrogen-bond donors (Lipinski definition) is 3. The van der Waals surface area contributed by atoms with Crippen LogP contribution in [0.15, 0.2) is 41.7 Å². The molecule has 0 bridgehead atoms. The Morgan fingerprint density at radius 1 is 1.28 bits per heavy atom. The lowest BCUT2D eigenvalue weighted by Gasteiger charge is -2.29. The molecule has 1 aromatic heterocycles. The van der Waals surface area contributed by atoms with Gasteiger partial charge in [0.25, 0.3) is 0 Å². The third-order valence-corrected chi connectivity index (χ3v) is 3.57. The van der Waals surface area contributed by atoms with Crippen molar-refractivity contribution in [2.24, 2.45) is 16.5 Å². The molecule has 25 heavy (non-hydrogen) atoms. The molecular formula is C15H16N6O4. The van der Waals surface area contributed by atoms with Gasteiger partial charge < -0.3 is 25.9 Å². The topological polar surface area (TPSA) is 149 Å². The molecule has 1 aliphatic rings. The van der Waals surface area contributed by atoms with Crippen molar-refractivity contribution >= 4 is 23.8 Å². The Bertz CT molecular complexity index is 832. The van der Waals surface area contributed by atoms with Crippen LogP contribution in [0.5, 0.6) is 0 Å². The van der Waals surface area contributed by atoms with Crippen LogP contribution in [-0.4, -0.2) is 37.6 Å². The first-order valence-electron chi connectivity index (χ1n) is 7.34. The highest BCUT2D eigenvalue weighted by atomic mass is 16.6. The summed E-state index contributed by atoms with van der Waals surface area (Å²) in [7, 11) is 0. The SMILES string of the molecule is NC1=Nc2c(ncn2CC(=O)O)C(N)N1C(=O)OCc1ccccc1. The molecule has 2 heterocycles. The number of hydrogen-bond acceptors (Lipinski definition) is 7. The number of carboxylic acid groups (broad SMARTS) is 1. The van der Waals surface area contributed by atoms with Gasteiger partial charge in [0.05, 0.1) is 6.33 Å². The molecule has 0 saturated carbocycles. The van der Waals surface area contributed by atoms with Gasteiger partial charge >= 0.3 is 12.1 Å². The molecule has 130 valence electrons. The number of ether oxygens (including phenoxy) is 1. The first-order valence-corrected chi connectivity index (χ1v) is 7.34. The van der Waals surface area contributed by atoms with Crippen molar-refractivity contribution < 1.29 is 19.4 Å². The van der Waals surface area contributed by atoms with Gasteiger partial charge in [-0.1, -0.05) is 30.3 Å². The van der Waals surface area contributed by atoms with Gasteiger partial charge in [-0.25, -0.2) is 14.7 Å². The van der Waals surface area contributed by atoms with E-state index in [1.807, 2.05) is 30.3 Å². The lowest BCUT2D eigenvalue weighted by atomic mass is 10.2. The molecule has 1 aliphatic heterocycles. The summed E-state index contributed by atoms with van der Waals surface area (Å²) in [5.41, 5.74) is 12.9. The van der Waals surface area contributed by atoms with Crippen molar-refractivity contribution in [2.75, 3.05) is 0 Å². The number of aliphatic imine (C=N–C) groups is 1. The number of carboxylic acids is 1. The van der Waals surface area contributed by atoms with Crippen molar-refractivity contribution in [3.8, 4) is 0 Å². The average molecular weight is 344 g/mol. The number of fused-ring (bicyclic) bond motifs is 1. The minimum Gasteiger partial charge on any atom is -0.480 e. The molecule has 0 aliphatic carbocycles. The minimum absolute atomic E-state index is 0.0521. The molecule has 1 unspecified atom stereocenters. The molecule has 0 saturated heterocycles. The van der Waals surface area contributed by atoms with Crippen molar-refractivity contribution in [2.45, 2.75) is 19.3 Å². The van der Waals surface area contributed by atoms with Crippen LogP contribution in [0.3, 0.4) is 0 Å². The quantitative estimate of drug-likeness (QED) is 0.732. The molecule has 10 heteroatoms. The van der Waals surface area contributed by atoms with Gasteiger partial charge in [0.2, 0.25) is 5.96 Å². The van der Waals surface area contributed by atoms with E-state index in [-0.39, 0.29) is 30.6 Å². The van der Waals surface area contributed by atoms with Crippen LogP contribution in [-0.2, 0) is 22.7 Å². The monoisotopic (exact) mass is 344 g/mol. The predicted octanol–water partition coefficient (Wildman–Crippen LogP) is 0.524. The molecule has 0 radical (unpaired) electrons. The third-order valence-electron chi connectivity index (χ3n) is 3.57. The van der Waals surface area contributed by atoms with Crippen LogP contribution in [0.2, 0.25) is 0 Å². The van der Waals surface area contributed by atoms with Crippen LogP contribution >= 0.6 is 0 Å². The Morgan fingerprint density at radius 3 is 2.68 bits per heavy atom. The Kier molecular flexibility index (Phi) is 4.35. The fourth-order valence-corrected chi connectivity index (χ4v) is 2.41. The molecule has 1 amide bonds. The highest BCUT2D eigenvalue weighted by Gasteiger charge is 2.35. The summed E-state index contributed by atoms with van der Waals surface area (Å²) in [4.78, 5) is 32.2. The second-order valence-corrected chi connectivity index (χ2v) is 5.30. The van der Waals surface area contributed by atoms with Crippen molar-refractivity contribution in [3.05, 3.63) is 47.9 Å². The number of carbonyl (C=O) groups excluding carboxylic acids is 1. The maximum Gasteiger partial charge on any atom is 0.418 e. The standard InChI is InChI=1S/C15H16N6O4/c16-12-11-13(20(8-18-11)6-10(22)23)19-14(17)21(12)15(24)25-7-9-4-2-1-3-5-9/h1-5,8,12H,6-7,16H2,(H2,17,19)(H,22,23). The van der Waals surface area contributed by atoms with Gasteiger partial charge in [-0.15, -0.1) is 0 Å². The van der Waals surface area contributed by atoms with E-state index in [1.54, 1.807) is 0 Å². The number of carbonyl (C=O) groups is 2. The molecule has 1 aromatic carbocycles. The van der Waals surface area contributed by atoms with E-state index >= 15 is 0 Å². The third kappa shape index (κ3) is 3.28. The Hall–Kier alpha value is -3.40. The number of imidazole rings is 1. The van der Waals surface area contributed by atoms with E-state index in [1.165, 1.54) is 10.9 Å². The molecule has 0 fully saturated rings. The maximum absolute atomic E-state index is 12.3. The van der Waals surface area contributed by atoms with E-state index < -0.39 is 18.2 Å². The first-order chi connectivity index (χ1) is 12.0. The summed E-state index contributed by atoms with van der Waals surface area (Å²) in [6, 6.07) is 9.13. The van der Waals surface area contributed by atoms with Gasteiger partial charge in [-0.2, -0.15) is 4.99 Å². The fraction of sp³-hybridized carbons (Fsp3) is 0.200. The van der Waals surface area contributed by atoms with Gasteiger partial charge in [-0.05, 0) is 5.56 Å². The van der Waals surface area contributed by atoms with Crippen molar-refractivity contribution in [3.63, 3.8) is 0 Å². The molecule has 5 N–H and O–H groups in total. The summed E-state index contributed by atoms with van der Waals surface area (Å²) < 4.78 is 6.50. The number of nitrogens with zero attached hydrogens (tertiary/aromatic N) is 4. The number of aromatic nitrogens is 2. The van der Waals surface area contributed by atoms with Gasteiger partial charge in [0.1, 0.15) is 25.0 Å². The molecule has 3 rings (SSSR count). The van der Waals surface area contributed by atoms with Crippen molar-refractivity contribution in [1.82, 2.24) is 14.5 Å². The predicted molar refractivity (Wildman–Crippen MR) is 86.5 cm³/mol. The average Bonchev–Trinajstić information content (AvgIpc) is 2.96. The lowest BCUT2D eigenvalue weighted by Crippen LogP contribution is -2.49. The number of rotatable bonds is 4. The van der Waals surface area contributed by atoms with E-state index in [0.29, 0.717) is 0 Å².